The van der Waals surface area contributed by atoms with Gasteiger partial charge in [-0.15, -0.1) is 0 Å². The van der Waals surface area contributed by atoms with E-state index in [-0.39, 0.29) is 0 Å². The summed E-state index contributed by atoms with van der Waals surface area (Å²) < 4.78 is 5.95. The average Bonchev–Trinajstić information content (AvgIpc) is 2.30. The van der Waals surface area contributed by atoms with Crippen LogP contribution < -0.4 is 9.47 Å². The van der Waals surface area contributed by atoms with Crippen molar-refractivity contribution in [3.8, 4) is 17.0 Å². The highest BCUT2D eigenvalue weighted by Crippen LogP contribution is 2.20. The number of hydrogen-bond acceptors (Lipinski definition) is 2. The molecule has 0 radical (unpaired) electrons. The summed E-state index contributed by atoms with van der Waals surface area (Å²) in [5, 5.41) is 11.5. The van der Waals surface area contributed by atoms with Gasteiger partial charge in [0.15, 0.2) is 6.20 Å². The van der Waals surface area contributed by atoms with E-state index in [1.54, 1.807) is 19.2 Å². The molecule has 0 unspecified atom stereocenters. The van der Waals surface area contributed by atoms with Crippen molar-refractivity contribution in [2.24, 2.45) is 0 Å². The molecule has 1 aromatic carbocycles. The Morgan fingerprint density at radius 3 is 2.73 bits per heavy atom. The van der Waals surface area contributed by atoms with Gasteiger partial charge in [0.2, 0.25) is 5.69 Å². The van der Waals surface area contributed by atoms with E-state index in [0.29, 0.717) is 5.69 Å². The van der Waals surface area contributed by atoms with Crippen molar-refractivity contribution in [1.82, 2.24) is 0 Å². The molecule has 0 aliphatic rings. The third-order valence-electron chi connectivity index (χ3n) is 2.19. The molecule has 3 nitrogen and oxygen atoms in total. The van der Waals surface area contributed by atoms with Crippen LogP contribution in [0.2, 0.25) is 0 Å². The zero-order chi connectivity index (χ0) is 10.7. The van der Waals surface area contributed by atoms with E-state index < -0.39 is 0 Å². The first-order valence-corrected chi connectivity index (χ1v) is 4.64. The molecule has 0 atom stereocenters. The average molecular weight is 201 g/mol. The molecule has 0 amide bonds. The summed E-state index contributed by atoms with van der Waals surface area (Å²) in [6, 6.07) is 12.8. The molecule has 2 rings (SSSR count). The molecular weight excluding hydrogens is 190 g/mol. The lowest BCUT2D eigenvalue weighted by Crippen LogP contribution is -2.27. The summed E-state index contributed by atoms with van der Waals surface area (Å²) in [6.45, 7) is 0. The number of rotatable bonds is 2. The van der Waals surface area contributed by atoms with E-state index in [1.165, 1.54) is 6.20 Å². The van der Waals surface area contributed by atoms with Crippen LogP contribution >= 0.6 is 0 Å². The Morgan fingerprint density at radius 2 is 2.00 bits per heavy atom. The van der Waals surface area contributed by atoms with E-state index in [1.807, 2.05) is 30.3 Å². The Bertz CT molecular complexity index is 469. The zero-order valence-corrected chi connectivity index (χ0v) is 8.38. The monoisotopic (exact) mass is 201 g/mol. The minimum Gasteiger partial charge on any atom is -0.618 e. The summed E-state index contributed by atoms with van der Waals surface area (Å²) in [6.07, 6.45) is 1.48. The topological polar surface area (TPSA) is 36.2 Å². The molecule has 0 spiro atoms. The minimum atomic E-state index is 0.622. The Kier molecular flexibility index (Phi) is 2.54. The molecule has 0 saturated carbocycles. The van der Waals surface area contributed by atoms with Crippen LogP contribution in [-0.4, -0.2) is 7.11 Å². The molecular formula is C12H11NO2. The van der Waals surface area contributed by atoms with E-state index in [0.717, 1.165) is 16.0 Å². The molecule has 1 heterocycles. The van der Waals surface area contributed by atoms with Crippen molar-refractivity contribution >= 4 is 0 Å². The van der Waals surface area contributed by atoms with Gasteiger partial charge in [-0.05, 0) is 24.3 Å². The third-order valence-corrected chi connectivity index (χ3v) is 2.19. The molecule has 1 aromatic heterocycles. The van der Waals surface area contributed by atoms with Crippen LogP contribution in [0, 0.1) is 5.21 Å². The molecule has 15 heavy (non-hydrogen) atoms. The fraction of sp³-hybridized carbons (Fsp3) is 0.0833. The van der Waals surface area contributed by atoms with E-state index >= 15 is 0 Å². The Labute approximate surface area is 88.1 Å². The molecule has 0 N–H and O–H groups in total. The highest BCUT2D eigenvalue weighted by molar-refractivity contribution is 5.58. The molecule has 0 saturated heterocycles. The standard InChI is InChI=1S/C12H11NO2/c1-15-11-6-4-5-10(9-11)12-7-2-3-8-13(12)14/h2-9H,1H3. The molecule has 0 aliphatic carbocycles. The highest BCUT2D eigenvalue weighted by Gasteiger charge is 2.07. The number of ether oxygens (including phenoxy) is 1. The molecule has 76 valence electrons. The summed E-state index contributed by atoms with van der Waals surface area (Å²) >= 11 is 0. The first-order valence-electron chi connectivity index (χ1n) is 4.64. The lowest BCUT2D eigenvalue weighted by Gasteiger charge is -2.05. The zero-order valence-electron chi connectivity index (χ0n) is 8.38. The lowest BCUT2D eigenvalue weighted by molar-refractivity contribution is -0.593. The van der Waals surface area contributed by atoms with Gasteiger partial charge in [0.25, 0.3) is 0 Å². The second-order valence-electron chi connectivity index (χ2n) is 3.14. The molecule has 2 aromatic rings. The Hall–Kier alpha value is -2.03. The number of benzene rings is 1. The highest BCUT2D eigenvalue weighted by atomic mass is 16.5. The van der Waals surface area contributed by atoms with Crippen LogP contribution in [0.15, 0.2) is 48.7 Å². The van der Waals surface area contributed by atoms with Crippen LogP contribution in [0.25, 0.3) is 11.3 Å². The number of methoxy groups -OCH3 is 1. The number of hydrogen-bond donors (Lipinski definition) is 0. The van der Waals surface area contributed by atoms with Crippen LogP contribution in [0.5, 0.6) is 5.75 Å². The van der Waals surface area contributed by atoms with Gasteiger partial charge in [-0.3, -0.25) is 0 Å². The lowest BCUT2D eigenvalue weighted by atomic mass is 10.1. The van der Waals surface area contributed by atoms with Crippen LogP contribution in [0.1, 0.15) is 0 Å². The molecule has 3 heteroatoms. The van der Waals surface area contributed by atoms with Gasteiger partial charge >= 0.3 is 0 Å². The van der Waals surface area contributed by atoms with Gasteiger partial charge in [-0.1, -0.05) is 6.07 Å². The van der Waals surface area contributed by atoms with Gasteiger partial charge in [0, 0.05) is 12.1 Å². The van der Waals surface area contributed by atoms with Crippen molar-refractivity contribution < 1.29 is 9.47 Å². The second kappa shape index (κ2) is 4.00. The van der Waals surface area contributed by atoms with Crippen molar-refractivity contribution in [1.29, 1.82) is 0 Å². The van der Waals surface area contributed by atoms with Crippen LogP contribution in [0.4, 0.5) is 0 Å². The third kappa shape index (κ3) is 1.91. The maximum absolute atomic E-state index is 11.5. The first kappa shape index (κ1) is 9.52. The fourth-order valence-electron chi connectivity index (χ4n) is 1.43. The van der Waals surface area contributed by atoms with Crippen molar-refractivity contribution in [3.05, 3.63) is 53.9 Å². The first-order chi connectivity index (χ1) is 7.31. The summed E-state index contributed by atoms with van der Waals surface area (Å²) in [4.78, 5) is 0. The van der Waals surface area contributed by atoms with E-state index in [2.05, 4.69) is 0 Å². The van der Waals surface area contributed by atoms with Crippen molar-refractivity contribution in [2.75, 3.05) is 7.11 Å². The second-order valence-corrected chi connectivity index (χ2v) is 3.14. The number of nitrogens with zero attached hydrogens (tertiary/aromatic N) is 1. The summed E-state index contributed by atoms with van der Waals surface area (Å²) in [5.41, 5.74) is 1.47. The Morgan fingerprint density at radius 1 is 1.13 bits per heavy atom. The van der Waals surface area contributed by atoms with Crippen LogP contribution in [-0.2, 0) is 0 Å². The minimum absolute atomic E-state index is 0.622. The largest absolute Gasteiger partial charge is 0.618 e. The van der Waals surface area contributed by atoms with Gasteiger partial charge < -0.3 is 9.94 Å². The normalized spacial score (nSPS) is 9.93. The van der Waals surface area contributed by atoms with Crippen molar-refractivity contribution in [3.63, 3.8) is 0 Å². The predicted octanol–water partition coefficient (Wildman–Crippen LogP) is 2.00. The fourth-order valence-corrected chi connectivity index (χ4v) is 1.43. The maximum Gasteiger partial charge on any atom is 0.223 e. The van der Waals surface area contributed by atoms with Crippen molar-refractivity contribution in [2.45, 2.75) is 0 Å². The van der Waals surface area contributed by atoms with E-state index in [9.17, 15) is 5.21 Å². The Balaban J connectivity index is 2.49. The molecule has 0 bridgehead atoms. The van der Waals surface area contributed by atoms with Gasteiger partial charge in [0.1, 0.15) is 5.75 Å². The van der Waals surface area contributed by atoms with Gasteiger partial charge in [-0.2, -0.15) is 4.73 Å². The maximum atomic E-state index is 11.5. The van der Waals surface area contributed by atoms with E-state index in [4.69, 9.17) is 4.74 Å². The smallest absolute Gasteiger partial charge is 0.223 e. The van der Waals surface area contributed by atoms with Gasteiger partial charge in [-0.25, -0.2) is 0 Å². The molecule has 0 fully saturated rings. The molecule has 0 aliphatic heterocycles. The SMILES string of the molecule is COc1cccc(-c2cccc[n+]2[O-])c1. The quantitative estimate of drug-likeness (QED) is 0.550. The summed E-state index contributed by atoms with van der Waals surface area (Å²) in [7, 11) is 1.61. The van der Waals surface area contributed by atoms with Crippen LogP contribution in [0.3, 0.4) is 0 Å². The van der Waals surface area contributed by atoms with Gasteiger partial charge in [0.05, 0.1) is 12.7 Å². The number of pyridine rings is 1. The number of aromatic nitrogens is 1. The summed E-state index contributed by atoms with van der Waals surface area (Å²) in [5.74, 6) is 0.747. The predicted molar refractivity (Wildman–Crippen MR) is 57.4 cm³/mol.